The molecule has 0 N–H and O–H groups in total. The fourth-order valence-electron chi connectivity index (χ4n) is 2.08. The van der Waals surface area contributed by atoms with Gasteiger partial charge in [0.05, 0.1) is 23.5 Å². The largest absolute Gasteiger partial charge is 0.497 e. The minimum absolute atomic E-state index is 0.389. The number of benzene rings is 1. The van der Waals surface area contributed by atoms with Gasteiger partial charge in [0.1, 0.15) is 18.1 Å². The summed E-state index contributed by atoms with van der Waals surface area (Å²) in [6.07, 6.45) is 0. The number of alkyl halides is 1. The van der Waals surface area contributed by atoms with Crippen molar-refractivity contribution in [3.05, 3.63) is 40.2 Å². The van der Waals surface area contributed by atoms with Gasteiger partial charge in [-0.15, -0.1) is 0 Å². The van der Waals surface area contributed by atoms with Crippen molar-refractivity contribution in [3.63, 3.8) is 0 Å². The highest BCUT2D eigenvalue weighted by Gasteiger charge is 2.14. The predicted molar refractivity (Wildman–Crippen MR) is 87.6 cm³/mol. The van der Waals surface area contributed by atoms with Gasteiger partial charge in [-0.25, -0.2) is 0 Å². The predicted octanol–water partition coefficient (Wildman–Crippen LogP) is 4.35. The second-order valence-electron chi connectivity index (χ2n) is 4.56. The summed E-state index contributed by atoms with van der Waals surface area (Å²) in [6, 6.07) is 5.74. The van der Waals surface area contributed by atoms with Gasteiger partial charge in [-0.1, -0.05) is 27.5 Å². The highest BCUT2D eigenvalue weighted by Crippen LogP contribution is 2.28. The average Bonchev–Trinajstić information content (AvgIpc) is 2.79. The molecule has 0 bridgehead atoms. The lowest BCUT2D eigenvalue weighted by Gasteiger charge is -2.12. The van der Waals surface area contributed by atoms with E-state index in [1.807, 2.05) is 36.7 Å². The zero-order valence-electron chi connectivity index (χ0n) is 12.3. The molecule has 0 unspecified atom stereocenters. The number of aromatic nitrogens is 2. The van der Waals surface area contributed by atoms with Gasteiger partial charge in [0.25, 0.3) is 0 Å². The van der Waals surface area contributed by atoms with Crippen molar-refractivity contribution in [2.45, 2.75) is 32.3 Å². The number of aryl methyl sites for hydroxylation is 2. The molecule has 21 heavy (non-hydrogen) atoms. The van der Waals surface area contributed by atoms with Crippen molar-refractivity contribution < 1.29 is 9.47 Å². The number of rotatable bonds is 6. The van der Waals surface area contributed by atoms with E-state index < -0.39 is 0 Å². The quantitative estimate of drug-likeness (QED) is 0.706. The molecule has 0 fully saturated rings. The molecule has 0 saturated carbocycles. The lowest BCUT2D eigenvalue weighted by molar-refractivity contribution is 0.290. The standard InChI is InChI=1S/C15H18BrClN2O2/c1-4-19-13(15(17)10(2)18-19)9-21-14-6-5-12(20-3)7-11(14)8-16/h5-7H,4,8-9H2,1-3H3. The van der Waals surface area contributed by atoms with Gasteiger partial charge in [0.15, 0.2) is 0 Å². The number of hydrogen-bond donors (Lipinski definition) is 0. The van der Waals surface area contributed by atoms with Gasteiger partial charge >= 0.3 is 0 Å². The van der Waals surface area contributed by atoms with Crippen LogP contribution in [0, 0.1) is 6.92 Å². The maximum absolute atomic E-state index is 6.29. The molecule has 1 heterocycles. The van der Waals surface area contributed by atoms with E-state index in [2.05, 4.69) is 21.0 Å². The lowest BCUT2D eigenvalue weighted by Crippen LogP contribution is -2.07. The van der Waals surface area contributed by atoms with Gasteiger partial charge < -0.3 is 9.47 Å². The van der Waals surface area contributed by atoms with Crippen LogP contribution in [0.1, 0.15) is 23.9 Å². The van der Waals surface area contributed by atoms with Gasteiger partial charge in [-0.05, 0) is 32.0 Å². The van der Waals surface area contributed by atoms with E-state index in [1.54, 1.807) is 7.11 Å². The molecule has 0 saturated heterocycles. The van der Waals surface area contributed by atoms with E-state index in [0.29, 0.717) is 17.0 Å². The second kappa shape index (κ2) is 7.18. The fourth-order valence-corrected chi connectivity index (χ4v) is 2.71. The molecule has 0 radical (unpaired) electrons. The van der Waals surface area contributed by atoms with Crippen molar-refractivity contribution in [2.24, 2.45) is 0 Å². The molecule has 0 aliphatic rings. The first kappa shape index (κ1) is 16.2. The number of halogens is 2. The molecule has 2 aromatic rings. The number of methoxy groups -OCH3 is 1. The summed E-state index contributed by atoms with van der Waals surface area (Å²) in [5, 5.41) is 5.75. The monoisotopic (exact) mass is 372 g/mol. The highest BCUT2D eigenvalue weighted by atomic mass is 79.9. The van der Waals surface area contributed by atoms with Gasteiger partial charge in [-0.3, -0.25) is 4.68 Å². The maximum atomic E-state index is 6.29. The van der Waals surface area contributed by atoms with Gasteiger partial charge in [-0.2, -0.15) is 5.10 Å². The SMILES string of the molecule is CCn1nc(C)c(Cl)c1COc1ccc(OC)cc1CBr. The minimum Gasteiger partial charge on any atom is -0.497 e. The van der Waals surface area contributed by atoms with Crippen LogP contribution in [0.2, 0.25) is 5.02 Å². The second-order valence-corrected chi connectivity index (χ2v) is 5.50. The summed E-state index contributed by atoms with van der Waals surface area (Å²) < 4.78 is 13.0. The Balaban J connectivity index is 2.20. The van der Waals surface area contributed by atoms with Gasteiger partial charge in [0.2, 0.25) is 0 Å². The zero-order valence-corrected chi connectivity index (χ0v) is 14.7. The summed E-state index contributed by atoms with van der Waals surface area (Å²) >= 11 is 9.75. The first-order valence-corrected chi connectivity index (χ1v) is 8.18. The Kier molecular flexibility index (Phi) is 5.53. The van der Waals surface area contributed by atoms with Crippen LogP contribution in [-0.2, 0) is 18.5 Å². The van der Waals surface area contributed by atoms with Crippen LogP contribution in [0.3, 0.4) is 0 Å². The van der Waals surface area contributed by atoms with E-state index in [-0.39, 0.29) is 0 Å². The third kappa shape index (κ3) is 3.52. The molecule has 1 aromatic carbocycles. The van der Waals surface area contributed by atoms with Crippen LogP contribution in [0.15, 0.2) is 18.2 Å². The van der Waals surface area contributed by atoms with E-state index >= 15 is 0 Å². The Morgan fingerprint density at radius 3 is 2.76 bits per heavy atom. The molecule has 0 atom stereocenters. The normalized spacial score (nSPS) is 10.7. The van der Waals surface area contributed by atoms with E-state index in [4.69, 9.17) is 21.1 Å². The summed E-state index contributed by atoms with van der Waals surface area (Å²) in [5.41, 5.74) is 2.75. The van der Waals surface area contributed by atoms with Crippen LogP contribution in [-0.4, -0.2) is 16.9 Å². The molecular weight excluding hydrogens is 356 g/mol. The molecule has 2 rings (SSSR count). The Hall–Kier alpha value is -1.20. The number of ether oxygens (including phenoxy) is 2. The third-order valence-electron chi connectivity index (χ3n) is 3.23. The van der Waals surface area contributed by atoms with Crippen molar-refractivity contribution >= 4 is 27.5 Å². The molecule has 114 valence electrons. The molecule has 4 nitrogen and oxygen atoms in total. The summed E-state index contributed by atoms with van der Waals surface area (Å²) in [7, 11) is 1.65. The van der Waals surface area contributed by atoms with E-state index in [0.717, 1.165) is 35.0 Å². The van der Waals surface area contributed by atoms with Crippen LogP contribution < -0.4 is 9.47 Å². The zero-order chi connectivity index (χ0) is 15.4. The molecule has 6 heteroatoms. The lowest BCUT2D eigenvalue weighted by atomic mass is 10.2. The Bertz CT molecular complexity index is 628. The third-order valence-corrected chi connectivity index (χ3v) is 4.32. The minimum atomic E-state index is 0.389. The Labute approximate surface area is 138 Å². The first-order valence-electron chi connectivity index (χ1n) is 6.68. The molecular formula is C15H18BrClN2O2. The number of hydrogen-bond acceptors (Lipinski definition) is 3. The molecule has 0 aliphatic heterocycles. The van der Waals surface area contributed by atoms with Crippen LogP contribution in [0.5, 0.6) is 11.5 Å². The summed E-state index contributed by atoms with van der Waals surface area (Å²) in [5.74, 6) is 1.62. The average molecular weight is 374 g/mol. The topological polar surface area (TPSA) is 36.3 Å². The molecule has 0 spiro atoms. The summed E-state index contributed by atoms with van der Waals surface area (Å²) in [4.78, 5) is 0. The number of nitrogens with zero attached hydrogens (tertiary/aromatic N) is 2. The first-order chi connectivity index (χ1) is 10.1. The van der Waals surface area contributed by atoms with Crippen LogP contribution in [0.25, 0.3) is 0 Å². The van der Waals surface area contributed by atoms with Crippen LogP contribution >= 0.6 is 27.5 Å². The van der Waals surface area contributed by atoms with E-state index in [9.17, 15) is 0 Å². The molecule has 0 aliphatic carbocycles. The van der Waals surface area contributed by atoms with Gasteiger partial charge in [0, 0.05) is 17.4 Å². The molecule has 0 amide bonds. The van der Waals surface area contributed by atoms with Crippen molar-refractivity contribution in [2.75, 3.05) is 7.11 Å². The summed E-state index contributed by atoms with van der Waals surface area (Å²) in [6.45, 7) is 5.08. The van der Waals surface area contributed by atoms with E-state index in [1.165, 1.54) is 0 Å². The van der Waals surface area contributed by atoms with Crippen molar-refractivity contribution in [3.8, 4) is 11.5 Å². The van der Waals surface area contributed by atoms with Crippen molar-refractivity contribution in [1.82, 2.24) is 9.78 Å². The Morgan fingerprint density at radius 2 is 2.14 bits per heavy atom. The Morgan fingerprint density at radius 1 is 1.38 bits per heavy atom. The highest BCUT2D eigenvalue weighted by molar-refractivity contribution is 9.08. The maximum Gasteiger partial charge on any atom is 0.131 e. The van der Waals surface area contributed by atoms with Crippen molar-refractivity contribution in [1.29, 1.82) is 0 Å². The fraction of sp³-hybridized carbons (Fsp3) is 0.400. The smallest absolute Gasteiger partial charge is 0.131 e. The van der Waals surface area contributed by atoms with Crippen LogP contribution in [0.4, 0.5) is 0 Å². The molecule has 1 aromatic heterocycles.